The van der Waals surface area contributed by atoms with Crippen molar-refractivity contribution >= 4 is 33.1 Å². The summed E-state index contributed by atoms with van der Waals surface area (Å²) in [5.41, 5.74) is 3.53. The third kappa shape index (κ3) is 4.15. The molecule has 0 saturated carbocycles. The lowest BCUT2D eigenvalue weighted by Gasteiger charge is -2.31. The van der Waals surface area contributed by atoms with Crippen molar-refractivity contribution in [2.75, 3.05) is 13.1 Å². The van der Waals surface area contributed by atoms with E-state index in [1.807, 2.05) is 70.2 Å². The molecule has 5 aromatic rings. The summed E-state index contributed by atoms with van der Waals surface area (Å²) >= 11 is 1.78. The SMILES string of the molecule is O=C(c1ccc(OCc2cn3ccccc3n2)cc1)N1CCC(c2nc3ccccc3s2)CC1. The van der Waals surface area contributed by atoms with E-state index in [0.717, 1.165) is 48.5 Å². The van der Waals surface area contributed by atoms with E-state index in [1.165, 1.54) is 9.71 Å². The van der Waals surface area contributed by atoms with E-state index in [-0.39, 0.29) is 5.91 Å². The van der Waals surface area contributed by atoms with Crippen LogP contribution in [0.2, 0.25) is 0 Å². The smallest absolute Gasteiger partial charge is 0.253 e. The number of carbonyl (C=O) groups excluding carboxylic acids is 1. The van der Waals surface area contributed by atoms with Crippen LogP contribution < -0.4 is 4.74 Å². The van der Waals surface area contributed by atoms with Crippen molar-refractivity contribution in [2.45, 2.75) is 25.4 Å². The Labute approximate surface area is 201 Å². The molecule has 1 aliphatic rings. The highest BCUT2D eigenvalue weighted by Crippen LogP contribution is 2.34. The van der Waals surface area contributed by atoms with Crippen LogP contribution in [-0.2, 0) is 6.61 Å². The van der Waals surface area contributed by atoms with E-state index in [9.17, 15) is 4.79 Å². The van der Waals surface area contributed by atoms with Crippen LogP contribution in [0.3, 0.4) is 0 Å². The third-order valence-corrected chi connectivity index (χ3v) is 7.54. The van der Waals surface area contributed by atoms with Gasteiger partial charge in [-0.3, -0.25) is 4.79 Å². The summed E-state index contributed by atoms with van der Waals surface area (Å²) in [4.78, 5) is 24.4. The molecule has 6 rings (SSSR count). The third-order valence-electron chi connectivity index (χ3n) is 6.34. The maximum absolute atomic E-state index is 13.0. The summed E-state index contributed by atoms with van der Waals surface area (Å²) in [6.45, 7) is 1.89. The van der Waals surface area contributed by atoms with Crippen LogP contribution in [0.1, 0.15) is 39.8 Å². The van der Waals surface area contributed by atoms with Gasteiger partial charge in [0.15, 0.2) is 0 Å². The maximum atomic E-state index is 13.0. The molecule has 0 unspecified atom stereocenters. The quantitative estimate of drug-likeness (QED) is 0.340. The van der Waals surface area contributed by atoms with Gasteiger partial charge in [0.25, 0.3) is 5.91 Å². The first kappa shape index (κ1) is 20.9. The minimum absolute atomic E-state index is 0.0784. The number of fused-ring (bicyclic) bond motifs is 2. The van der Waals surface area contributed by atoms with Crippen LogP contribution in [-0.4, -0.2) is 38.3 Å². The predicted octanol–water partition coefficient (Wildman–Crippen LogP) is 5.54. The number of ether oxygens (including phenoxy) is 1. The number of nitrogens with zero attached hydrogens (tertiary/aromatic N) is 4. The lowest BCUT2D eigenvalue weighted by Crippen LogP contribution is -2.37. The van der Waals surface area contributed by atoms with Crippen molar-refractivity contribution in [1.29, 1.82) is 0 Å². The van der Waals surface area contributed by atoms with E-state index < -0.39 is 0 Å². The Morgan fingerprint density at radius 2 is 1.76 bits per heavy atom. The molecule has 7 heteroatoms. The summed E-state index contributed by atoms with van der Waals surface area (Å²) in [5, 5.41) is 1.19. The van der Waals surface area contributed by atoms with Crippen molar-refractivity contribution < 1.29 is 9.53 Å². The zero-order chi connectivity index (χ0) is 22.9. The van der Waals surface area contributed by atoms with Crippen molar-refractivity contribution in [3.05, 3.63) is 95.4 Å². The Kier molecular flexibility index (Phi) is 5.47. The Balaban J connectivity index is 1.05. The number of pyridine rings is 1. The first-order chi connectivity index (χ1) is 16.7. The molecular formula is C27H24N4O2S. The van der Waals surface area contributed by atoms with Crippen LogP contribution in [0.25, 0.3) is 15.9 Å². The number of amides is 1. The second kappa shape index (κ2) is 8.91. The first-order valence-electron chi connectivity index (χ1n) is 11.5. The second-order valence-electron chi connectivity index (χ2n) is 8.60. The van der Waals surface area contributed by atoms with Crippen molar-refractivity contribution in [2.24, 2.45) is 0 Å². The van der Waals surface area contributed by atoms with E-state index >= 15 is 0 Å². The highest BCUT2D eigenvalue weighted by molar-refractivity contribution is 7.18. The number of benzene rings is 2. The highest BCUT2D eigenvalue weighted by Gasteiger charge is 2.26. The topological polar surface area (TPSA) is 59.7 Å². The Hall–Kier alpha value is -3.71. The fraction of sp³-hybridized carbons (Fsp3) is 0.222. The molecule has 4 heterocycles. The summed E-state index contributed by atoms with van der Waals surface area (Å²) in [6.07, 6.45) is 5.83. The van der Waals surface area contributed by atoms with Gasteiger partial charge in [-0.1, -0.05) is 18.2 Å². The van der Waals surface area contributed by atoms with Crippen LogP contribution in [0.5, 0.6) is 5.75 Å². The summed E-state index contributed by atoms with van der Waals surface area (Å²) in [6, 6.07) is 21.6. The molecule has 1 fully saturated rings. The summed E-state index contributed by atoms with van der Waals surface area (Å²) in [7, 11) is 0. The van der Waals surface area contributed by atoms with Gasteiger partial charge >= 0.3 is 0 Å². The number of thiazole rings is 1. The molecule has 0 aliphatic carbocycles. The van der Waals surface area contributed by atoms with Gasteiger partial charge in [-0.05, 0) is 61.4 Å². The van der Waals surface area contributed by atoms with E-state index in [1.54, 1.807) is 11.3 Å². The fourth-order valence-corrected chi connectivity index (χ4v) is 5.62. The molecule has 0 bridgehead atoms. The molecule has 0 radical (unpaired) electrons. The average molecular weight is 469 g/mol. The molecule has 0 spiro atoms. The molecule has 0 atom stereocenters. The molecule has 170 valence electrons. The number of carbonyl (C=O) groups is 1. The largest absolute Gasteiger partial charge is 0.487 e. The van der Waals surface area contributed by atoms with Crippen molar-refractivity contribution in [3.8, 4) is 5.75 Å². The van der Waals surface area contributed by atoms with Crippen LogP contribution in [0.15, 0.2) is 79.1 Å². The predicted molar refractivity (Wildman–Crippen MR) is 133 cm³/mol. The molecule has 34 heavy (non-hydrogen) atoms. The molecule has 3 aromatic heterocycles. The minimum atomic E-state index is 0.0784. The molecular weight excluding hydrogens is 444 g/mol. The number of hydrogen-bond acceptors (Lipinski definition) is 5. The normalized spacial score (nSPS) is 14.6. The monoisotopic (exact) mass is 468 g/mol. The lowest BCUT2D eigenvalue weighted by atomic mass is 9.97. The Bertz CT molecular complexity index is 1380. The summed E-state index contributed by atoms with van der Waals surface area (Å²) < 4.78 is 9.09. The molecule has 1 aliphatic heterocycles. The van der Waals surface area contributed by atoms with Gasteiger partial charge in [-0.2, -0.15) is 0 Å². The number of imidazole rings is 1. The number of para-hydroxylation sites is 1. The van der Waals surface area contributed by atoms with Gasteiger partial charge in [-0.15, -0.1) is 11.3 Å². The van der Waals surface area contributed by atoms with E-state index in [2.05, 4.69) is 23.2 Å². The molecule has 1 amide bonds. The average Bonchev–Trinajstić information content (AvgIpc) is 3.51. The lowest BCUT2D eigenvalue weighted by molar-refractivity contribution is 0.0713. The van der Waals surface area contributed by atoms with Gasteiger partial charge in [0.2, 0.25) is 0 Å². The highest BCUT2D eigenvalue weighted by atomic mass is 32.1. The molecule has 0 N–H and O–H groups in total. The maximum Gasteiger partial charge on any atom is 0.253 e. The van der Waals surface area contributed by atoms with Gasteiger partial charge in [0.05, 0.1) is 20.9 Å². The van der Waals surface area contributed by atoms with Crippen LogP contribution >= 0.6 is 11.3 Å². The molecule has 1 saturated heterocycles. The number of hydrogen-bond donors (Lipinski definition) is 0. The zero-order valence-corrected chi connectivity index (χ0v) is 19.4. The number of rotatable bonds is 5. The zero-order valence-electron chi connectivity index (χ0n) is 18.6. The minimum Gasteiger partial charge on any atom is -0.487 e. The van der Waals surface area contributed by atoms with E-state index in [0.29, 0.717) is 18.1 Å². The fourth-order valence-electron chi connectivity index (χ4n) is 4.48. The van der Waals surface area contributed by atoms with Crippen molar-refractivity contribution in [3.63, 3.8) is 0 Å². The molecule has 6 nitrogen and oxygen atoms in total. The van der Waals surface area contributed by atoms with Gasteiger partial charge in [0.1, 0.15) is 18.0 Å². The first-order valence-corrected chi connectivity index (χ1v) is 12.3. The summed E-state index contributed by atoms with van der Waals surface area (Å²) in [5.74, 6) is 1.23. The molecule has 2 aromatic carbocycles. The number of piperidine rings is 1. The van der Waals surface area contributed by atoms with Crippen LogP contribution in [0.4, 0.5) is 0 Å². The number of likely N-dealkylation sites (tertiary alicyclic amines) is 1. The second-order valence-corrected chi connectivity index (χ2v) is 9.66. The van der Waals surface area contributed by atoms with Gasteiger partial charge in [0, 0.05) is 37.0 Å². The Morgan fingerprint density at radius 3 is 2.56 bits per heavy atom. The van der Waals surface area contributed by atoms with Gasteiger partial charge in [-0.25, -0.2) is 9.97 Å². The number of aromatic nitrogens is 3. The van der Waals surface area contributed by atoms with E-state index in [4.69, 9.17) is 9.72 Å². The van der Waals surface area contributed by atoms with Crippen molar-refractivity contribution in [1.82, 2.24) is 19.3 Å². The van der Waals surface area contributed by atoms with Crippen LogP contribution in [0, 0.1) is 0 Å². The van der Waals surface area contributed by atoms with Gasteiger partial charge < -0.3 is 14.0 Å². The standard InChI is InChI=1S/C27H24N4O2S/c32-27(30-15-12-19(13-16-30)26-29-23-5-1-2-6-24(23)34-26)20-8-10-22(11-9-20)33-18-21-17-31-14-4-3-7-25(31)28-21/h1-11,14,17,19H,12-13,15-16,18H2. The Morgan fingerprint density at radius 1 is 0.971 bits per heavy atom.